The third kappa shape index (κ3) is 4.45. The molecule has 23 heavy (non-hydrogen) atoms. The van der Waals surface area contributed by atoms with Gasteiger partial charge in [-0.25, -0.2) is 4.79 Å². The Hall–Kier alpha value is -2.08. The fourth-order valence-electron chi connectivity index (χ4n) is 2.47. The fraction of sp³-hybridized carbons (Fsp3) is 0.529. The number of carboxylic acid groups (broad SMARTS) is 1. The lowest BCUT2D eigenvalue weighted by molar-refractivity contribution is -0.159. The number of aliphatic carboxylic acids is 1. The fourth-order valence-corrected chi connectivity index (χ4v) is 2.47. The quantitative estimate of drug-likeness (QED) is 0.913. The maximum atomic E-state index is 12.3. The highest BCUT2D eigenvalue weighted by Gasteiger charge is 2.29. The van der Waals surface area contributed by atoms with Gasteiger partial charge in [-0.1, -0.05) is 39.0 Å². The van der Waals surface area contributed by atoms with Crippen molar-refractivity contribution in [2.24, 2.45) is 0 Å². The molecule has 1 saturated heterocycles. The molecule has 2 rings (SSSR count). The van der Waals surface area contributed by atoms with E-state index in [9.17, 15) is 9.59 Å². The number of para-hydroxylation sites is 1. The van der Waals surface area contributed by atoms with Crippen molar-refractivity contribution in [1.82, 2.24) is 4.90 Å². The third-order valence-corrected chi connectivity index (χ3v) is 3.74. The first kappa shape index (κ1) is 17.3. The molecule has 1 aliphatic rings. The van der Waals surface area contributed by atoms with Crippen molar-refractivity contribution in [3.05, 3.63) is 29.8 Å². The molecule has 1 aliphatic heterocycles. The largest absolute Gasteiger partial charge is 0.483 e. The van der Waals surface area contributed by atoms with Crippen molar-refractivity contribution in [3.63, 3.8) is 0 Å². The second kappa shape index (κ2) is 7.00. The van der Waals surface area contributed by atoms with Gasteiger partial charge in [-0.15, -0.1) is 0 Å². The number of ether oxygens (including phenoxy) is 2. The molecular weight excluding hydrogens is 298 g/mol. The second-order valence-corrected chi connectivity index (χ2v) is 6.57. The Morgan fingerprint density at radius 3 is 2.70 bits per heavy atom. The van der Waals surface area contributed by atoms with Gasteiger partial charge in [0, 0.05) is 6.54 Å². The van der Waals surface area contributed by atoms with Crippen LogP contribution in [0.5, 0.6) is 5.75 Å². The molecular formula is C17H23NO5. The summed E-state index contributed by atoms with van der Waals surface area (Å²) in [6.45, 7) is 6.79. The number of carboxylic acids is 1. The van der Waals surface area contributed by atoms with Crippen LogP contribution in [0, 0.1) is 0 Å². The number of nitrogens with zero attached hydrogens (tertiary/aromatic N) is 1. The lowest BCUT2D eigenvalue weighted by Crippen LogP contribution is -2.49. The van der Waals surface area contributed by atoms with Gasteiger partial charge in [-0.2, -0.15) is 0 Å². The number of hydrogen-bond acceptors (Lipinski definition) is 4. The first-order chi connectivity index (χ1) is 10.8. The lowest BCUT2D eigenvalue weighted by Gasteiger charge is -2.31. The first-order valence-electron chi connectivity index (χ1n) is 7.63. The normalized spacial score (nSPS) is 18.6. The Morgan fingerprint density at radius 1 is 1.35 bits per heavy atom. The Kier molecular flexibility index (Phi) is 5.26. The predicted molar refractivity (Wildman–Crippen MR) is 84.6 cm³/mol. The Balaban J connectivity index is 1.99. The van der Waals surface area contributed by atoms with Gasteiger partial charge in [0.25, 0.3) is 5.91 Å². The molecule has 1 aromatic rings. The van der Waals surface area contributed by atoms with Crippen molar-refractivity contribution in [2.75, 3.05) is 26.3 Å². The van der Waals surface area contributed by atoms with Gasteiger partial charge in [-0.05, 0) is 17.0 Å². The summed E-state index contributed by atoms with van der Waals surface area (Å²) in [5, 5.41) is 8.98. The number of carbonyl (C=O) groups excluding carboxylic acids is 1. The van der Waals surface area contributed by atoms with E-state index in [2.05, 4.69) is 20.8 Å². The monoisotopic (exact) mass is 321 g/mol. The zero-order chi connectivity index (χ0) is 17.0. The molecule has 1 fully saturated rings. The van der Waals surface area contributed by atoms with Crippen LogP contribution in [-0.4, -0.2) is 54.3 Å². The second-order valence-electron chi connectivity index (χ2n) is 6.57. The van der Waals surface area contributed by atoms with Gasteiger partial charge < -0.3 is 19.5 Å². The number of hydrogen-bond donors (Lipinski definition) is 1. The number of morpholine rings is 1. The number of rotatable bonds is 4. The summed E-state index contributed by atoms with van der Waals surface area (Å²) in [6.07, 6.45) is -0.963. The van der Waals surface area contributed by atoms with E-state index in [1.165, 1.54) is 4.90 Å². The molecule has 126 valence electrons. The van der Waals surface area contributed by atoms with Crippen LogP contribution >= 0.6 is 0 Å². The summed E-state index contributed by atoms with van der Waals surface area (Å²) < 4.78 is 10.8. The van der Waals surface area contributed by atoms with E-state index in [1.54, 1.807) is 0 Å². The lowest BCUT2D eigenvalue weighted by atomic mass is 9.86. The van der Waals surface area contributed by atoms with Gasteiger partial charge in [0.2, 0.25) is 0 Å². The van der Waals surface area contributed by atoms with Crippen molar-refractivity contribution < 1.29 is 24.2 Å². The van der Waals surface area contributed by atoms with Crippen molar-refractivity contribution in [3.8, 4) is 5.75 Å². The third-order valence-electron chi connectivity index (χ3n) is 3.74. The van der Waals surface area contributed by atoms with Crippen LogP contribution in [0.15, 0.2) is 24.3 Å². The van der Waals surface area contributed by atoms with Crippen molar-refractivity contribution in [1.29, 1.82) is 0 Å². The number of carbonyl (C=O) groups is 2. The molecule has 1 aromatic carbocycles. The van der Waals surface area contributed by atoms with Gasteiger partial charge in [0.1, 0.15) is 5.75 Å². The van der Waals surface area contributed by atoms with Gasteiger partial charge in [0.05, 0.1) is 13.2 Å². The van der Waals surface area contributed by atoms with E-state index in [0.717, 1.165) is 5.56 Å². The number of benzene rings is 1. The minimum Gasteiger partial charge on any atom is -0.483 e. The molecule has 0 aromatic heterocycles. The average Bonchev–Trinajstić information content (AvgIpc) is 2.52. The summed E-state index contributed by atoms with van der Waals surface area (Å²) in [4.78, 5) is 24.7. The van der Waals surface area contributed by atoms with Crippen LogP contribution in [-0.2, 0) is 19.7 Å². The van der Waals surface area contributed by atoms with Crippen LogP contribution in [0.4, 0.5) is 0 Å². The van der Waals surface area contributed by atoms with Crippen LogP contribution in [0.1, 0.15) is 26.3 Å². The maximum Gasteiger partial charge on any atom is 0.334 e. The van der Waals surface area contributed by atoms with Crippen LogP contribution in [0.3, 0.4) is 0 Å². The van der Waals surface area contributed by atoms with E-state index >= 15 is 0 Å². The minimum atomic E-state index is -1.05. The van der Waals surface area contributed by atoms with Gasteiger partial charge >= 0.3 is 5.97 Å². The first-order valence-corrected chi connectivity index (χ1v) is 7.63. The van der Waals surface area contributed by atoms with Crippen LogP contribution in [0.25, 0.3) is 0 Å². The van der Waals surface area contributed by atoms with E-state index in [-0.39, 0.29) is 31.1 Å². The highest BCUT2D eigenvalue weighted by atomic mass is 16.5. The summed E-state index contributed by atoms with van der Waals surface area (Å²) in [5.74, 6) is -0.610. The molecule has 0 spiro atoms. The standard InChI is InChI=1S/C17H23NO5/c1-17(2,3)12-6-4-5-7-13(12)23-11-15(19)18-8-9-22-14(10-18)16(20)21/h4-7,14H,8-11H2,1-3H3,(H,20,21). The molecule has 1 amide bonds. The zero-order valence-corrected chi connectivity index (χ0v) is 13.7. The zero-order valence-electron chi connectivity index (χ0n) is 13.7. The maximum absolute atomic E-state index is 12.3. The molecule has 6 heteroatoms. The minimum absolute atomic E-state index is 0.0540. The summed E-state index contributed by atoms with van der Waals surface area (Å²) in [5.41, 5.74) is 0.936. The van der Waals surface area contributed by atoms with Crippen molar-refractivity contribution >= 4 is 11.9 Å². The smallest absolute Gasteiger partial charge is 0.334 e. The van der Waals surface area contributed by atoms with Crippen LogP contribution < -0.4 is 4.74 Å². The Labute approximate surface area is 136 Å². The summed E-state index contributed by atoms with van der Waals surface area (Å²) in [7, 11) is 0. The molecule has 6 nitrogen and oxygen atoms in total. The molecule has 1 heterocycles. The van der Waals surface area contributed by atoms with Crippen LogP contribution in [0.2, 0.25) is 0 Å². The SMILES string of the molecule is CC(C)(C)c1ccccc1OCC(=O)N1CCOC(C(=O)O)C1. The van der Waals surface area contributed by atoms with Crippen molar-refractivity contribution in [2.45, 2.75) is 32.3 Å². The highest BCUT2D eigenvalue weighted by Crippen LogP contribution is 2.30. The molecule has 0 radical (unpaired) electrons. The molecule has 0 aliphatic carbocycles. The topological polar surface area (TPSA) is 76.1 Å². The molecule has 1 atom stereocenters. The summed E-state index contributed by atoms with van der Waals surface area (Å²) in [6, 6.07) is 7.63. The molecule has 0 saturated carbocycles. The highest BCUT2D eigenvalue weighted by molar-refractivity contribution is 5.79. The van der Waals surface area contributed by atoms with E-state index < -0.39 is 12.1 Å². The van der Waals surface area contributed by atoms with E-state index in [1.807, 2.05) is 24.3 Å². The number of amides is 1. The Bertz CT molecular complexity index is 579. The van der Waals surface area contributed by atoms with E-state index in [0.29, 0.717) is 12.3 Å². The predicted octanol–water partition coefficient (Wildman–Crippen LogP) is 1.67. The molecule has 1 unspecified atom stereocenters. The molecule has 0 bridgehead atoms. The van der Waals surface area contributed by atoms with Gasteiger partial charge in [0.15, 0.2) is 12.7 Å². The molecule has 1 N–H and O–H groups in total. The average molecular weight is 321 g/mol. The summed E-state index contributed by atoms with van der Waals surface area (Å²) >= 11 is 0. The Morgan fingerprint density at radius 2 is 2.04 bits per heavy atom. The van der Waals surface area contributed by atoms with Gasteiger partial charge in [-0.3, -0.25) is 4.79 Å². The van der Waals surface area contributed by atoms with E-state index in [4.69, 9.17) is 14.6 Å².